The molecule has 0 N–H and O–H groups in total. The summed E-state index contributed by atoms with van der Waals surface area (Å²) in [5, 5.41) is 0.743. The Bertz CT molecular complexity index is 426. The van der Waals surface area contributed by atoms with Gasteiger partial charge in [0.2, 0.25) is 11.8 Å². The maximum Gasteiger partial charge on any atom is 0.229 e. The second kappa shape index (κ2) is 6.01. The van der Waals surface area contributed by atoms with Gasteiger partial charge in [-0.25, -0.2) is 0 Å². The third kappa shape index (κ3) is 3.33. The van der Waals surface area contributed by atoms with Crippen molar-refractivity contribution in [3.8, 4) is 0 Å². The number of amides is 2. The first-order valence-electron chi connectivity index (χ1n) is 6.24. The van der Waals surface area contributed by atoms with E-state index in [1.807, 2.05) is 24.3 Å². The third-order valence-corrected chi connectivity index (χ3v) is 3.42. The Hall–Kier alpha value is -1.35. The van der Waals surface area contributed by atoms with Crippen LogP contribution in [0.2, 0.25) is 5.02 Å². The quantitative estimate of drug-likeness (QED) is 0.606. The fourth-order valence-corrected chi connectivity index (χ4v) is 2.25. The Kier molecular flexibility index (Phi) is 4.37. The molecule has 0 unspecified atom stereocenters. The lowest BCUT2D eigenvalue weighted by Gasteiger charge is -2.13. The SMILES string of the molecule is O=C1CCC(=O)N1CCCCc1ccc(Cl)cc1. The number of carbonyl (C=O) groups excluding carboxylic acids is 2. The lowest BCUT2D eigenvalue weighted by Crippen LogP contribution is -2.29. The van der Waals surface area contributed by atoms with Gasteiger partial charge < -0.3 is 0 Å². The van der Waals surface area contributed by atoms with Crippen molar-refractivity contribution in [2.24, 2.45) is 0 Å². The molecule has 2 amide bonds. The molecule has 1 aliphatic rings. The first kappa shape index (κ1) is 13.1. The number of likely N-dealkylation sites (tertiary alicyclic amines) is 1. The van der Waals surface area contributed by atoms with E-state index in [1.54, 1.807) is 0 Å². The number of halogens is 1. The van der Waals surface area contributed by atoms with Crippen LogP contribution >= 0.6 is 11.6 Å². The van der Waals surface area contributed by atoms with Crippen molar-refractivity contribution in [2.75, 3.05) is 6.54 Å². The molecule has 1 saturated heterocycles. The van der Waals surface area contributed by atoms with E-state index in [2.05, 4.69) is 0 Å². The van der Waals surface area contributed by atoms with Crippen molar-refractivity contribution in [1.82, 2.24) is 4.90 Å². The van der Waals surface area contributed by atoms with Gasteiger partial charge in [0.15, 0.2) is 0 Å². The predicted molar refractivity (Wildman–Crippen MR) is 70.3 cm³/mol. The number of unbranched alkanes of at least 4 members (excludes halogenated alkanes) is 1. The monoisotopic (exact) mass is 265 g/mol. The van der Waals surface area contributed by atoms with Gasteiger partial charge in [0.25, 0.3) is 0 Å². The molecule has 1 aliphatic heterocycles. The average Bonchev–Trinajstić information content (AvgIpc) is 2.68. The molecule has 96 valence electrons. The molecule has 0 spiro atoms. The molecule has 0 aromatic heterocycles. The molecule has 0 aliphatic carbocycles. The van der Waals surface area contributed by atoms with Crippen LogP contribution in [0, 0.1) is 0 Å². The Balaban J connectivity index is 1.71. The molecule has 0 radical (unpaired) electrons. The highest BCUT2D eigenvalue weighted by molar-refractivity contribution is 6.30. The van der Waals surface area contributed by atoms with E-state index in [4.69, 9.17) is 11.6 Å². The van der Waals surface area contributed by atoms with Crippen molar-refractivity contribution in [3.63, 3.8) is 0 Å². The van der Waals surface area contributed by atoms with Crippen molar-refractivity contribution in [1.29, 1.82) is 0 Å². The average molecular weight is 266 g/mol. The standard InChI is InChI=1S/C14H16ClNO2/c15-12-6-4-11(5-7-12)3-1-2-10-16-13(17)8-9-14(16)18/h4-7H,1-3,8-10H2. The van der Waals surface area contributed by atoms with Gasteiger partial charge in [-0.1, -0.05) is 23.7 Å². The number of carbonyl (C=O) groups is 2. The van der Waals surface area contributed by atoms with Gasteiger partial charge in [-0.05, 0) is 37.0 Å². The Labute approximate surface area is 112 Å². The number of hydrogen-bond acceptors (Lipinski definition) is 2. The summed E-state index contributed by atoms with van der Waals surface area (Å²) in [6.07, 6.45) is 3.55. The first-order valence-corrected chi connectivity index (χ1v) is 6.62. The molecule has 3 nitrogen and oxygen atoms in total. The van der Waals surface area contributed by atoms with Gasteiger partial charge in [-0.2, -0.15) is 0 Å². The first-order chi connectivity index (χ1) is 8.66. The molecule has 0 atom stereocenters. The largest absolute Gasteiger partial charge is 0.283 e. The summed E-state index contributed by atoms with van der Waals surface area (Å²) in [6.45, 7) is 0.561. The van der Waals surface area contributed by atoms with Gasteiger partial charge in [0.1, 0.15) is 0 Å². The number of rotatable bonds is 5. The third-order valence-electron chi connectivity index (χ3n) is 3.17. The number of nitrogens with zero attached hydrogens (tertiary/aromatic N) is 1. The Morgan fingerprint density at radius 1 is 1.00 bits per heavy atom. The second-order valence-corrected chi connectivity index (χ2v) is 4.96. The normalized spacial score (nSPS) is 15.5. The number of benzene rings is 1. The summed E-state index contributed by atoms with van der Waals surface area (Å²) in [6, 6.07) is 7.78. The maximum absolute atomic E-state index is 11.4. The van der Waals surface area contributed by atoms with Crippen LogP contribution in [-0.2, 0) is 16.0 Å². The van der Waals surface area contributed by atoms with Crippen LogP contribution < -0.4 is 0 Å². The van der Waals surface area contributed by atoms with Crippen LogP contribution in [0.5, 0.6) is 0 Å². The zero-order chi connectivity index (χ0) is 13.0. The zero-order valence-electron chi connectivity index (χ0n) is 10.2. The molecule has 1 fully saturated rings. The summed E-state index contributed by atoms with van der Waals surface area (Å²) in [5.74, 6) is -0.0435. The number of imide groups is 1. The zero-order valence-corrected chi connectivity index (χ0v) is 10.9. The fourth-order valence-electron chi connectivity index (χ4n) is 2.12. The molecular weight excluding hydrogens is 250 g/mol. The number of aryl methyl sites for hydroxylation is 1. The van der Waals surface area contributed by atoms with E-state index in [9.17, 15) is 9.59 Å². The van der Waals surface area contributed by atoms with Crippen LogP contribution in [0.25, 0.3) is 0 Å². The molecule has 2 rings (SSSR count). The highest BCUT2D eigenvalue weighted by atomic mass is 35.5. The van der Waals surface area contributed by atoms with Gasteiger partial charge in [-0.3, -0.25) is 14.5 Å². The van der Waals surface area contributed by atoms with Gasteiger partial charge >= 0.3 is 0 Å². The predicted octanol–water partition coefficient (Wildman–Crippen LogP) is 2.81. The molecule has 4 heteroatoms. The summed E-state index contributed by atoms with van der Waals surface area (Å²) in [5.41, 5.74) is 1.23. The summed E-state index contributed by atoms with van der Waals surface area (Å²) in [4.78, 5) is 24.1. The lowest BCUT2D eigenvalue weighted by atomic mass is 10.1. The van der Waals surface area contributed by atoms with Gasteiger partial charge in [-0.15, -0.1) is 0 Å². The number of hydrogen-bond donors (Lipinski definition) is 0. The van der Waals surface area contributed by atoms with E-state index in [0.717, 1.165) is 24.3 Å². The maximum atomic E-state index is 11.4. The highest BCUT2D eigenvalue weighted by Crippen LogP contribution is 2.14. The molecule has 1 aromatic rings. The minimum Gasteiger partial charge on any atom is -0.283 e. The molecule has 18 heavy (non-hydrogen) atoms. The van der Waals surface area contributed by atoms with E-state index in [0.29, 0.717) is 19.4 Å². The lowest BCUT2D eigenvalue weighted by molar-refractivity contribution is -0.138. The van der Waals surface area contributed by atoms with E-state index >= 15 is 0 Å². The van der Waals surface area contributed by atoms with E-state index in [1.165, 1.54) is 10.5 Å². The molecule has 1 heterocycles. The molecular formula is C14H16ClNO2. The van der Waals surface area contributed by atoms with Crippen molar-refractivity contribution >= 4 is 23.4 Å². The van der Waals surface area contributed by atoms with Gasteiger partial charge in [0.05, 0.1) is 0 Å². The Morgan fingerprint density at radius 2 is 1.61 bits per heavy atom. The summed E-state index contributed by atoms with van der Waals surface area (Å²) >= 11 is 5.81. The topological polar surface area (TPSA) is 37.4 Å². The second-order valence-electron chi connectivity index (χ2n) is 4.52. The van der Waals surface area contributed by atoms with Crippen LogP contribution in [0.3, 0.4) is 0 Å². The van der Waals surface area contributed by atoms with Crippen LogP contribution in [0.15, 0.2) is 24.3 Å². The smallest absolute Gasteiger partial charge is 0.229 e. The van der Waals surface area contributed by atoms with Crippen molar-refractivity contribution in [3.05, 3.63) is 34.9 Å². The molecule has 0 saturated carbocycles. The van der Waals surface area contributed by atoms with Crippen LogP contribution in [-0.4, -0.2) is 23.3 Å². The fraction of sp³-hybridized carbons (Fsp3) is 0.429. The van der Waals surface area contributed by atoms with Crippen LogP contribution in [0.1, 0.15) is 31.2 Å². The summed E-state index contributed by atoms with van der Waals surface area (Å²) < 4.78 is 0. The highest BCUT2D eigenvalue weighted by Gasteiger charge is 2.27. The minimum atomic E-state index is -0.0218. The molecule has 1 aromatic carbocycles. The van der Waals surface area contributed by atoms with Gasteiger partial charge in [0, 0.05) is 24.4 Å². The van der Waals surface area contributed by atoms with Crippen molar-refractivity contribution < 1.29 is 9.59 Å². The van der Waals surface area contributed by atoms with E-state index in [-0.39, 0.29) is 11.8 Å². The summed E-state index contributed by atoms with van der Waals surface area (Å²) in [7, 11) is 0. The van der Waals surface area contributed by atoms with E-state index < -0.39 is 0 Å². The van der Waals surface area contributed by atoms with Crippen molar-refractivity contribution in [2.45, 2.75) is 32.1 Å². The molecule has 0 bridgehead atoms. The van der Waals surface area contributed by atoms with Crippen LogP contribution in [0.4, 0.5) is 0 Å². The Morgan fingerprint density at radius 3 is 2.22 bits per heavy atom. The minimum absolute atomic E-state index is 0.0218.